The first-order chi connectivity index (χ1) is 13.6. The van der Waals surface area contributed by atoms with Crippen LogP contribution in [0.5, 0.6) is 0 Å². The first-order valence-corrected chi connectivity index (χ1v) is 8.51. The molecule has 0 bridgehead atoms. The summed E-state index contributed by atoms with van der Waals surface area (Å²) in [6.07, 6.45) is -3.41. The Labute approximate surface area is 165 Å². The molecule has 1 aliphatic heterocycles. The van der Waals surface area contributed by atoms with Gasteiger partial charge in [-0.25, -0.2) is 4.98 Å². The number of nitrogens with zero attached hydrogens (tertiary/aromatic N) is 3. The zero-order chi connectivity index (χ0) is 21.7. The summed E-state index contributed by atoms with van der Waals surface area (Å²) in [7, 11) is 0. The highest BCUT2D eigenvalue weighted by molar-refractivity contribution is 5.92. The maximum absolute atomic E-state index is 11.6. The first-order valence-electron chi connectivity index (χ1n) is 8.51. The predicted molar refractivity (Wildman–Crippen MR) is 91.7 cm³/mol. The van der Waals surface area contributed by atoms with Crippen molar-refractivity contribution in [3.05, 3.63) is 17.7 Å². The number of aromatic nitrogens is 2. The van der Waals surface area contributed by atoms with Crippen molar-refractivity contribution in [3.63, 3.8) is 0 Å². The number of amides is 1. The van der Waals surface area contributed by atoms with Crippen LogP contribution in [0.4, 0.5) is 0 Å². The van der Waals surface area contributed by atoms with Crippen molar-refractivity contribution in [2.75, 3.05) is 6.61 Å². The molecule has 2 heterocycles. The van der Waals surface area contributed by atoms with Crippen molar-refractivity contribution in [2.45, 2.75) is 51.7 Å². The van der Waals surface area contributed by atoms with Gasteiger partial charge >= 0.3 is 17.9 Å². The third kappa shape index (κ3) is 5.08. The molecule has 1 aromatic heterocycles. The summed E-state index contributed by atoms with van der Waals surface area (Å²) < 4.78 is 22.6. The predicted octanol–water partition coefficient (Wildman–Crippen LogP) is -0.628. The molecule has 1 fully saturated rings. The molecule has 0 saturated carbocycles. The summed E-state index contributed by atoms with van der Waals surface area (Å²) in [5.41, 5.74) is 5.28. The lowest BCUT2D eigenvalue weighted by Crippen LogP contribution is -2.40. The zero-order valence-corrected chi connectivity index (χ0v) is 16.0. The van der Waals surface area contributed by atoms with Crippen LogP contribution in [0, 0.1) is 11.3 Å². The number of imidazole rings is 1. The van der Waals surface area contributed by atoms with Crippen LogP contribution in [0.2, 0.25) is 0 Å². The van der Waals surface area contributed by atoms with Gasteiger partial charge in [0.05, 0.1) is 24.5 Å². The Balaban J connectivity index is 2.49. The van der Waals surface area contributed by atoms with Gasteiger partial charge < -0.3 is 29.2 Å². The number of hydrogen-bond donors (Lipinski definition) is 1. The summed E-state index contributed by atoms with van der Waals surface area (Å²) in [5.74, 6) is -2.81. The minimum absolute atomic E-state index is 0.136. The van der Waals surface area contributed by atoms with Crippen LogP contribution in [0.1, 0.15) is 43.2 Å². The summed E-state index contributed by atoms with van der Waals surface area (Å²) in [6, 6.07) is 1.89. The molecule has 156 valence electrons. The van der Waals surface area contributed by atoms with E-state index in [-0.39, 0.29) is 24.4 Å². The van der Waals surface area contributed by atoms with E-state index < -0.39 is 48.4 Å². The van der Waals surface area contributed by atoms with Gasteiger partial charge in [0, 0.05) is 20.8 Å². The maximum atomic E-state index is 11.6. The molecule has 12 nitrogen and oxygen atoms in total. The van der Waals surface area contributed by atoms with Gasteiger partial charge in [-0.1, -0.05) is 0 Å². The zero-order valence-electron chi connectivity index (χ0n) is 16.0. The fourth-order valence-corrected chi connectivity index (χ4v) is 2.98. The number of nitrogens with two attached hydrogens (primary N) is 1. The molecule has 1 aliphatic rings. The van der Waals surface area contributed by atoms with Gasteiger partial charge in [0.25, 0.3) is 5.91 Å². The molecule has 12 heteroatoms. The Morgan fingerprint density at radius 3 is 2.31 bits per heavy atom. The van der Waals surface area contributed by atoms with E-state index in [1.165, 1.54) is 17.8 Å². The molecule has 1 saturated heterocycles. The molecule has 4 atom stereocenters. The molecule has 1 amide bonds. The topological polar surface area (TPSA) is 173 Å². The fraction of sp³-hybridized carbons (Fsp3) is 0.529. The second kappa shape index (κ2) is 9.16. The average molecular weight is 408 g/mol. The van der Waals surface area contributed by atoms with Gasteiger partial charge in [-0.3, -0.25) is 19.2 Å². The lowest BCUT2D eigenvalue weighted by Gasteiger charge is -2.24. The van der Waals surface area contributed by atoms with Gasteiger partial charge in [0.1, 0.15) is 18.4 Å². The number of nitriles is 1. The van der Waals surface area contributed by atoms with Crippen LogP contribution in [-0.4, -0.2) is 58.3 Å². The maximum Gasteiger partial charge on any atom is 0.303 e. The van der Waals surface area contributed by atoms with Crippen molar-refractivity contribution in [1.82, 2.24) is 9.55 Å². The highest BCUT2D eigenvalue weighted by atomic mass is 16.7. The van der Waals surface area contributed by atoms with Crippen LogP contribution in [0.25, 0.3) is 0 Å². The minimum atomic E-state index is -1.16. The second-order valence-corrected chi connectivity index (χ2v) is 6.16. The molecule has 2 rings (SSSR count). The van der Waals surface area contributed by atoms with Crippen molar-refractivity contribution < 1.29 is 38.1 Å². The standard InChI is InChI=1S/C17H20N4O8/c1-8(22)26-6-12-14(27-9(2)23)15(28-10(3)24)17(29-12)21-7-20-13(16(19)25)11(21)4-5-18/h7,12,14-15,17H,4,6H2,1-3H3,(H2,19,25)/t12-,14-,15-,17-/m1/s1. The van der Waals surface area contributed by atoms with Crippen molar-refractivity contribution in [2.24, 2.45) is 5.73 Å². The van der Waals surface area contributed by atoms with E-state index in [2.05, 4.69) is 4.98 Å². The third-order valence-electron chi connectivity index (χ3n) is 3.99. The summed E-state index contributed by atoms with van der Waals surface area (Å²) >= 11 is 0. The summed E-state index contributed by atoms with van der Waals surface area (Å²) in [6.45, 7) is 3.22. The van der Waals surface area contributed by atoms with Gasteiger partial charge in [0.15, 0.2) is 18.4 Å². The number of carbonyl (C=O) groups is 4. The van der Waals surface area contributed by atoms with E-state index >= 15 is 0 Å². The van der Waals surface area contributed by atoms with E-state index in [1.807, 2.05) is 6.07 Å². The van der Waals surface area contributed by atoms with Crippen LogP contribution in [0.3, 0.4) is 0 Å². The number of hydrogen-bond acceptors (Lipinski definition) is 10. The molecule has 1 aromatic rings. The van der Waals surface area contributed by atoms with Crippen LogP contribution in [-0.2, 0) is 39.8 Å². The molecule has 0 aliphatic carbocycles. The molecule has 0 aromatic carbocycles. The SMILES string of the molecule is CC(=O)OC[C@H]1O[C@@H](n2cnc(C(N)=O)c2CC#N)[C@H](OC(C)=O)[C@@H]1OC(C)=O. The minimum Gasteiger partial charge on any atom is -0.463 e. The number of esters is 3. The van der Waals surface area contributed by atoms with E-state index in [9.17, 15) is 19.2 Å². The number of carbonyl (C=O) groups excluding carboxylic acids is 4. The van der Waals surface area contributed by atoms with E-state index in [1.54, 1.807) is 0 Å². The van der Waals surface area contributed by atoms with Crippen LogP contribution in [0.15, 0.2) is 6.33 Å². The quantitative estimate of drug-likeness (QED) is 0.452. The normalized spacial score (nSPS) is 23.1. The highest BCUT2D eigenvalue weighted by Gasteiger charge is 2.51. The first kappa shape index (κ1) is 21.8. The lowest BCUT2D eigenvalue weighted by molar-refractivity contribution is -0.166. The Morgan fingerprint density at radius 1 is 1.17 bits per heavy atom. The lowest BCUT2D eigenvalue weighted by atomic mass is 10.1. The molecule has 2 N–H and O–H groups in total. The second-order valence-electron chi connectivity index (χ2n) is 6.16. The fourth-order valence-electron chi connectivity index (χ4n) is 2.98. The Hall–Kier alpha value is -3.46. The Morgan fingerprint density at radius 2 is 1.79 bits per heavy atom. The van der Waals surface area contributed by atoms with Crippen LogP contribution < -0.4 is 5.73 Å². The molecular formula is C17H20N4O8. The third-order valence-corrected chi connectivity index (χ3v) is 3.99. The molecule has 0 radical (unpaired) electrons. The van der Waals surface area contributed by atoms with Crippen molar-refractivity contribution >= 4 is 23.8 Å². The average Bonchev–Trinajstić information content (AvgIpc) is 3.15. The van der Waals surface area contributed by atoms with E-state index in [0.717, 1.165) is 13.8 Å². The molecule has 0 spiro atoms. The summed E-state index contributed by atoms with van der Waals surface area (Å²) in [4.78, 5) is 49.9. The number of ether oxygens (including phenoxy) is 4. The number of primary amides is 1. The highest BCUT2D eigenvalue weighted by Crippen LogP contribution is 2.35. The largest absolute Gasteiger partial charge is 0.463 e. The van der Waals surface area contributed by atoms with Crippen molar-refractivity contribution in [3.8, 4) is 6.07 Å². The Kier molecular flexibility index (Phi) is 6.89. The molecule has 0 unspecified atom stereocenters. The summed E-state index contributed by atoms with van der Waals surface area (Å²) in [5, 5.41) is 9.09. The monoisotopic (exact) mass is 408 g/mol. The van der Waals surface area contributed by atoms with Gasteiger partial charge in [-0.15, -0.1) is 0 Å². The van der Waals surface area contributed by atoms with Gasteiger partial charge in [0.2, 0.25) is 0 Å². The number of rotatable bonds is 7. The van der Waals surface area contributed by atoms with Gasteiger partial charge in [-0.2, -0.15) is 5.26 Å². The molecular weight excluding hydrogens is 388 g/mol. The Bertz CT molecular complexity index is 858. The van der Waals surface area contributed by atoms with Crippen LogP contribution >= 0.6 is 0 Å². The van der Waals surface area contributed by atoms with Gasteiger partial charge in [-0.05, 0) is 0 Å². The van der Waals surface area contributed by atoms with E-state index in [4.69, 9.17) is 29.9 Å². The molecule has 29 heavy (non-hydrogen) atoms. The van der Waals surface area contributed by atoms with Crippen molar-refractivity contribution in [1.29, 1.82) is 5.26 Å². The smallest absolute Gasteiger partial charge is 0.303 e. The van der Waals surface area contributed by atoms with E-state index in [0.29, 0.717) is 0 Å².